The second-order valence-electron chi connectivity index (χ2n) is 7.59. The predicted molar refractivity (Wildman–Crippen MR) is 147 cm³/mol. The molecule has 2 rings (SSSR count). The number of amidine groups is 1. The number of benzene rings is 2. The van der Waals surface area contributed by atoms with Crippen molar-refractivity contribution in [3.05, 3.63) is 84.0 Å². The number of unbranched alkanes of at least 4 members (excludes halogenated alkanes) is 1. The van der Waals surface area contributed by atoms with Gasteiger partial charge in [0.05, 0.1) is 5.84 Å². The van der Waals surface area contributed by atoms with E-state index in [0.717, 1.165) is 37.8 Å². The summed E-state index contributed by atoms with van der Waals surface area (Å²) in [7, 11) is 0. The lowest BCUT2D eigenvalue weighted by atomic mass is 10.1. The van der Waals surface area contributed by atoms with Crippen molar-refractivity contribution in [2.45, 2.75) is 71.2 Å². The van der Waals surface area contributed by atoms with Crippen LogP contribution in [0.4, 0.5) is 0 Å². The Bertz CT molecular complexity index is 860. The van der Waals surface area contributed by atoms with Gasteiger partial charge in [0.15, 0.2) is 5.78 Å². The molecule has 180 valence electrons. The van der Waals surface area contributed by atoms with Crippen molar-refractivity contribution in [1.82, 2.24) is 4.72 Å². The molecule has 2 aromatic rings. The molecule has 0 unspecified atom stereocenters. The van der Waals surface area contributed by atoms with E-state index in [1.807, 2.05) is 25.1 Å². The van der Waals surface area contributed by atoms with Gasteiger partial charge in [0.1, 0.15) is 0 Å². The second-order valence-corrected chi connectivity index (χ2v) is 8.55. The molecule has 0 aliphatic heterocycles. The smallest absolute Gasteiger partial charge is 0.155 e. The zero-order valence-electron chi connectivity index (χ0n) is 20.7. The first-order valence-corrected chi connectivity index (χ1v) is 12.3. The first kappa shape index (κ1) is 30.4. The van der Waals surface area contributed by atoms with E-state index in [4.69, 9.17) is 11.1 Å². The number of carbonyl (C=O) groups is 1. The number of carbonyl (C=O) groups excluding carboxylic acids is 1. The van der Waals surface area contributed by atoms with E-state index in [9.17, 15) is 4.79 Å². The van der Waals surface area contributed by atoms with E-state index in [2.05, 4.69) is 69.0 Å². The molecule has 0 bridgehead atoms. The number of aryl methyl sites for hydroxylation is 2. The highest BCUT2D eigenvalue weighted by atomic mass is 32.2. The molecule has 4 nitrogen and oxygen atoms in total. The van der Waals surface area contributed by atoms with E-state index in [-0.39, 0.29) is 5.78 Å². The van der Waals surface area contributed by atoms with Gasteiger partial charge in [-0.1, -0.05) is 56.7 Å². The lowest BCUT2D eigenvalue weighted by Crippen LogP contribution is -2.07. The molecule has 0 amide bonds. The molecular formula is C28H41N3OS. The van der Waals surface area contributed by atoms with E-state index >= 15 is 0 Å². The molecule has 0 saturated carbocycles. The summed E-state index contributed by atoms with van der Waals surface area (Å²) >= 11 is 1.65. The van der Waals surface area contributed by atoms with Crippen LogP contribution in [0.25, 0.3) is 6.08 Å². The monoisotopic (exact) mass is 467 g/mol. The summed E-state index contributed by atoms with van der Waals surface area (Å²) in [5, 5.41) is 6.78. The summed E-state index contributed by atoms with van der Waals surface area (Å²) in [6.07, 6.45) is 8.01. The van der Waals surface area contributed by atoms with Gasteiger partial charge in [0.2, 0.25) is 0 Å². The first-order valence-electron chi connectivity index (χ1n) is 11.4. The largest absolute Gasteiger partial charge is 0.388 e. The van der Waals surface area contributed by atoms with Gasteiger partial charge in [0, 0.05) is 24.3 Å². The van der Waals surface area contributed by atoms with Gasteiger partial charge in [-0.3, -0.25) is 14.9 Å². The van der Waals surface area contributed by atoms with Gasteiger partial charge in [-0.05, 0) is 79.1 Å². The van der Waals surface area contributed by atoms with Gasteiger partial charge in [-0.25, -0.2) is 0 Å². The Morgan fingerprint density at radius 1 is 1.03 bits per heavy atom. The molecule has 2 aromatic carbocycles. The number of nitrogens with two attached hydrogens (primary N) is 1. The topological polar surface area (TPSA) is 79.0 Å². The van der Waals surface area contributed by atoms with E-state index in [1.165, 1.54) is 21.6 Å². The molecule has 0 aromatic heterocycles. The fraction of sp³-hybridized carbons (Fsp3) is 0.357. The predicted octanol–water partition coefficient (Wildman–Crippen LogP) is 7.40. The van der Waals surface area contributed by atoms with Crippen molar-refractivity contribution >= 4 is 29.6 Å². The van der Waals surface area contributed by atoms with Gasteiger partial charge in [-0.15, -0.1) is 13.2 Å². The lowest BCUT2D eigenvalue weighted by molar-refractivity contribution is -0.114. The van der Waals surface area contributed by atoms with Crippen LogP contribution in [0, 0.1) is 19.3 Å². The molecule has 5 heteroatoms. The zero-order chi connectivity index (χ0) is 25.1. The molecule has 0 saturated heterocycles. The highest BCUT2D eigenvalue weighted by Crippen LogP contribution is 2.19. The number of ketones is 1. The van der Waals surface area contributed by atoms with Crippen LogP contribution in [0.1, 0.15) is 68.2 Å². The van der Waals surface area contributed by atoms with Crippen LogP contribution in [0.2, 0.25) is 0 Å². The van der Waals surface area contributed by atoms with E-state index < -0.39 is 0 Å². The van der Waals surface area contributed by atoms with Gasteiger partial charge >= 0.3 is 0 Å². The van der Waals surface area contributed by atoms with Crippen molar-refractivity contribution in [3.63, 3.8) is 0 Å². The minimum Gasteiger partial charge on any atom is -0.388 e. The molecule has 0 aliphatic carbocycles. The fourth-order valence-corrected chi connectivity index (χ4v) is 3.39. The molecule has 0 fully saturated rings. The van der Waals surface area contributed by atoms with Crippen LogP contribution in [-0.2, 0) is 11.3 Å². The van der Waals surface area contributed by atoms with E-state index in [0.29, 0.717) is 12.3 Å². The molecule has 0 aliphatic rings. The second kappa shape index (κ2) is 18.9. The highest BCUT2D eigenvalue weighted by molar-refractivity contribution is 7.97. The molecule has 0 atom stereocenters. The molecule has 33 heavy (non-hydrogen) atoms. The number of hydrogen-bond donors (Lipinski definition) is 3. The van der Waals surface area contributed by atoms with Crippen LogP contribution in [-0.4, -0.2) is 11.6 Å². The average molecular weight is 468 g/mol. The first-order chi connectivity index (χ1) is 15.8. The summed E-state index contributed by atoms with van der Waals surface area (Å²) in [4.78, 5) is 12.7. The standard InChI is InChI=1S/C21H25NOS.C5H12N2.C2H4/c1-4-5-20(23)12-11-18-7-9-19(10-8-18)15-22-24-21-13-6-16(2)17(3)14-21;1-2-3-4-5(6)7;1-2/h6-14,22H,4-5,15H2,1-3H3;2-4H2,1H3,(H3,6,7);1-2H2/b12-11+;;. The highest BCUT2D eigenvalue weighted by Gasteiger charge is 1.99. The minimum atomic E-state index is 0.188. The number of rotatable bonds is 11. The Hall–Kier alpha value is -2.63. The Balaban J connectivity index is 0.000000973. The van der Waals surface area contributed by atoms with Gasteiger partial charge in [0.25, 0.3) is 0 Å². The molecule has 0 heterocycles. The van der Waals surface area contributed by atoms with Crippen molar-refractivity contribution in [3.8, 4) is 0 Å². The molecular weight excluding hydrogens is 426 g/mol. The quantitative estimate of drug-likeness (QED) is 0.106. The van der Waals surface area contributed by atoms with Crippen LogP contribution in [0.3, 0.4) is 0 Å². The summed E-state index contributed by atoms with van der Waals surface area (Å²) in [5.41, 5.74) is 9.98. The third-order valence-corrected chi connectivity index (χ3v) is 5.46. The van der Waals surface area contributed by atoms with Gasteiger partial charge in [-0.2, -0.15) is 0 Å². The maximum absolute atomic E-state index is 11.5. The third kappa shape index (κ3) is 14.9. The number of hydrogen-bond acceptors (Lipinski definition) is 4. The van der Waals surface area contributed by atoms with Crippen molar-refractivity contribution in [1.29, 1.82) is 5.41 Å². The van der Waals surface area contributed by atoms with Crippen LogP contribution in [0.5, 0.6) is 0 Å². The Labute approximate surface area is 205 Å². The summed E-state index contributed by atoms with van der Waals surface area (Å²) in [6, 6.07) is 14.8. The van der Waals surface area contributed by atoms with Crippen molar-refractivity contribution < 1.29 is 4.79 Å². The third-order valence-electron chi connectivity index (χ3n) is 4.68. The Kier molecular flexibility index (Phi) is 17.4. The molecule has 4 N–H and O–H groups in total. The van der Waals surface area contributed by atoms with Gasteiger partial charge < -0.3 is 5.73 Å². The van der Waals surface area contributed by atoms with Crippen LogP contribution in [0.15, 0.2) is 66.6 Å². The van der Waals surface area contributed by atoms with Crippen LogP contribution >= 0.6 is 11.9 Å². The van der Waals surface area contributed by atoms with Crippen molar-refractivity contribution in [2.75, 3.05) is 0 Å². The average Bonchev–Trinajstić information content (AvgIpc) is 2.81. The Morgan fingerprint density at radius 3 is 2.21 bits per heavy atom. The van der Waals surface area contributed by atoms with E-state index in [1.54, 1.807) is 18.0 Å². The zero-order valence-corrected chi connectivity index (χ0v) is 21.6. The minimum absolute atomic E-state index is 0.188. The maximum Gasteiger partial charge on any atom is 0.155 e. The number of nitrogens with one attached hydrogen (secondary N) is 2. The normalized spacial score (nSPS) is 10.1. The summed E-state index contributed by atoms with van der Waals surface area (Å²) in [5.74, 6) is 0.495. The maximum atomic E-state index is 11.5. The summed E-state index contributed by atoms with van der Waals surface area (Å²) < 4.78 is 3.40. The van der Waals surface area contributed by atoms with Crippen molar-refractivity contribution in [2.24, 2.45) is 5.73 Å². The molecule has 0 radical (unpaired) electrons. The molecule has 0 spiro atoms. The summed E-state index contributed by atoms with van der Waals surface area (Å²) in [6.45, 7) is 15.2. The fourth-order valence-electron chi connectivity index (χ4n) is 2.61. The lowest BCUT2D eigenvalue weighted by Gasteiger charge is -2.07. The Morgan fingerprint density at radius 2 is 1.70 bits per heavy atom. The van der Waals surface area contributed by atoms with Crippen LogP contribution < -0.4 is 10.5 Å². The number of allylic oxidation sites excluding steroid dienone is 1. The SMILES string of the molecule is C=C.CCCC(=O)/C=C/c1ccc(CNSc2ccc(C)c(C)c2)cc1.CCCCC(=N)N.